The maximum absolute atomic E-state index is 12.0. The molecule has 0 fully saturated rings. The zero-order chi connectivity index (χ0) is 15.8. The standard InChI is InChI=1S/C16H23N3O2/c1-10-9-16(3,4)19(11(2)15(20)18-17)14-8-12(21-5)6-7-13(10)14/h6-9,11H,17H2,1-5H3,(H,18,20). The Balaban J connectivity index is 2.61. The van der Waals surface area contributed by atoms with E-state index in [2.05, 4.69) is 37.2 Å². The van der Waals surface area contributed by atoms with E-state index in [0.717, 1.165) is 17.0 Å². The monoisotopic (exact) mass is 289 g/mol. The number of fused-ring (bicyclic) bond motifs is 1. The predicted molar refractivity (Wildman–Crippen MR) is 85.0 cm³/mol. The van der Waals surface area contributed by atoms with E-state index in [1.165, 1.54) is 5.57 Å². The molecule has 5 heteroatoms. The highest BCUT2D eigenvalue weighted by molar-refractivity contribution is 5.89. The fourth-order valence-electron chi connectivity index (χ4n) is 3.10. The third kappa shape index (κ3) is 2.61. The molecule has 1 heterocycles. The molecule has 2 rings (SSSR count). The molecule has 0 bridgehead atoms. The van der Waals surface area contributed by atoms with Crippen LogP contribution in [0.3, 0.4) is 0 Å². The zero-order valence-electron chi connectivity index (χ0n) is 13.2. The Morgan fingerprint density at radius 2 is 2.10 bits per heavy atom. The molecular weight excluding hydrogens is 266 g/mol. The van der Waals surface area contributed by atoms with Crippen molar-refractivity contribution in [3.8, 4) is 5.75 Å². The third-order valence-electron chi connectivity index (χ3n) is 3.99. The summed E-state index contributed by atoms with van der Waals surface area (Å²) < 4.78 is 5.33. The Morgan fingerprint density at radius 1 is 1.43 bits per heavy atom. The smallest absolute Gasteiger partial charge is 0.256 e. The first kappa shape index (κ1) is 15.4. The first-order chi connectivity index (χ1) is 9.81. The summed E-state index contributed by atoms with van der Waals surface area (Å²) >= 11 is 0. The van der Waals surface area contributed by atoms with Gasteiger partial charge in [-0.15, -0.1) is 0 Å². The van der Waals surface area contributed by atoms with Gasteiger partial charge < -0.3 is 9.64 Å². The molecular formula is C16H23N3O2. The van der Waals surface area contributed by atoms with E-state index < -0.39 is 0 Å². The highest BCUT2D eigenvalue weighted by Gasteiger charge is 2.37. The second-order valence-corrected chi connectivity index (χ2v) is 5.92. The molecule has 5 nitrogen and oxygen atoms in total. The van der Waals surface area contributed by atoms with E-state index >= 15 is 0 Å². The molecule has 1 aromatic carbocycles. The van der Waals surface area contributed by atoms with Crippen LogP contribution in [0.1, 0.15) is 33.3 Å². The van der Waals surface area contributed by atoms with Gasteiger partial charge in [-0.3, -0.25) is 10.2 Å². The van der Waals surface area contributed by atoms with Crippen LogP contribution in [0, 0.1) is 0 Å². The lowest BCUT2D eigenvalue weighted by Gasteiger charge is -2.46. The SMILES string of the molecule is COc1ccc2c(c1)N(C(C)C(=O)NN)C(C)(C)C=C2C. The van der Waals surface area contributed by atoms with Crippen LogP contribution in [0.15, 0.2) is 24.3 Å². The molecule has 0 saturated carbocycles. The van der Waals surface area contributed by atoms with Gasteiger partial charge in [-0.25, -0.2) is 5.84 Å². The number of methoxy groups -OCH3 is 1. The molecule has 0 saturated heterocycles. The van der Waals surface area contributed by atoms with Crippen molar-refractivity contribution in [1.29, 1.82) is 0 Å². The van der Waals surface area contributed by atoms with Crippen LogP contribution in [-0.2, 0) is 4.79 Å². The number of anilines is 1. The Bertz CT molecular complexity index is 593. The summed E-state index contributed by atoms with van der Waals surface area (Å²) in [6, 6.07) is 5.53. The molecule has 21 heavy (non-hydrogen) atoms. The number of carbonyl (C=O) groups excluding carboxylic acids is 1. The van der Waals surface area contributed by atoms with Crippen molar-refractivity contribution in [2.45, 2.75) is 39.3 Å². The molecule has 0 spiro atoms. The Kier molecular flexibility index (Phi) is 3.96. The minimum atomic E-state index is -0.389. The van der Waals surface area contributed by atoms with Gasteiger partial charge in [-0.1, -0.05) is 6.08 Å². The number of hydrogen-bond donors (Lipinski definition) is 2. The topological polar surface area (TPSA) is 67.6 Å². The van der Waals surface area contributed by atoms with E-state index in [9.17, 15) is 4.79 Å². The molecule has 0 aliphatic carbocycles. The van der Waals surface area contributed by atoms with Gasteiger partial charge in [0.05, 0.1) is 12.6 Å². The highest BCUT2D eigenvalue weighted by Crippen LogP contribution is 2.41. The average Bonchev–Trinajstić information content (AvgIpc) is 2.44. The van der Waals surface area contributed by atoms with Crippen molar-refractivity contribution in [2.24, 2.45) is 5.84 Å². The Labute approximate surface area is 125 Å². The van der Waals surface area contributed by atoms with E-state index in [1.54, 1.807) is 7.11 Å². The van der Waals surface area contributed by atoms with Crippen molar-refractivity contribution >= 4 is 17.2 Å². The lowest BCUT2D eigenvalue weighted by molar-refractivity contribution is -0.122. The quantitative estimate of drug-likeness (QED) is 0.508. The zero-order valence-corrected chi connectivity index (χ0v) is 13.2. The lowest BCUT2D eigenvalue weighted by atomic mass is 9.87. The molecule has 0 radical (unpaired) electrons. The third-order valence-corrected chi connectivity index (χ3v) is 3.99. The summed E-state index contributed by atoms with van der Waals surface area (Å²) in [6.45, 7) is 8.10. The van der Waals surface area contributed by atoms with Gasteiger partial charge in [0.25, 0.3) is 5.91 Å². The number of hydrogen-bond acceptors (Lipinski definition) is 4. The summed E-state index contributed by atoms with van der Waals surface area (Å²) in [5.41, 5.74) is 5.22. The minimum absolute atomic E-state index is 0.218. The van der Waals surface area contributed by atoms with Gasteiger partial charge in [-0.05, 0) is 45.4 Å². The summed E-state index contributed by atoms with van der Waals surface area (Å²) in [6.07, 6.45) is 2.17. The fraction of sp³-hybridized carbons (Fsp3) is 0.438. The number of hydrazine groups is 1. The average molecular weight is 289 g/mol. The van der Waals surface area contributed by atoms with Crippen LogP contribution < -0.4 is 20.9 Å². The normalized spacial score (nSPS) is 17.6. The van der Waals surface area contributed by atoms with E-state index in [0.29, 0.717) is 0 Å². The molecule has 1 aromatic rings. The fourth-order valence-corrected chi connectivity index (χ4v) is 3.10. The second kappa shape index (κ2) is 5.41. The first-order valence-electron chi connectivity index (χ1n) is 6.99. The summed E-state index contributed by atoms with van der Waals surface area (Å²) in [5.74, 6) is 5.86. The van der Waals surface area contributed by atoms with Crippen molar-refractivity contribution < 1.29 is 9.53 Å². The van der Waals surface area contributed by atoms with Crippen LogP contribution in [0.5, 0.6) is 5.75 Å². The van der Waals surface area contributed by atoms with Crippen molar-refractivity contribution in [3.05, 3.63) is 29.8 Å². The van der Waals surface area contributed by atoms with Crippen LogP contribution in [-0.4, -0.2) is 24.6 Å². The van der Waals surface area contributed by atoms with Gasteiger partial charge >= 0.3 is 0 Å². The number of amides is 1. The lowest BCUT2D eigenvalue weighted by Crippen LogP contribution is -2.56. The molecule has 3 N–H and O–H groups in total. The first-order valence-corrected chi connectivity index (χ1v) is 6.99. The number of nitrogens with two attached hydrogens (primary N) is 1. The number of nitrogens with zero attached hydrogens (tertiary/aromatic N) is 1. The van der Waals surface area contributed by atoms with E-state index in [4.69, 9.17) is 10.6 Å². The molecule has 1 amide bonds. The Hall–Kier alpha value is -2.01. The van der Waals surface area contributed by atoms with Crippen molar-refractivity contribution in [3.63, 3.8) is 0 Å². The Morgan fingerprint density at radius 3 is 2.67 bits per heavy atom. The van der Waals surface area contributed by atoms with E-state index in [1.807, 2.05) is 25.1 Å². The number of nitrogens with one attached hydrogen (secondary N) is 1. The van der Waals surface area contributed by atoms with Gasteiger partial charge in [-0.2, -0.15) is 0 Å². The highest BCUT2D eigenvalue weighted by atomic mass is 16.5. The number of ether oxygens (including phenoxy) is 1. The van der Waals surface area contributed by atoms with Crippen LogP contribution in [0.4, 0.5) is 5.69 Å². The second-order valence-electron chi connectivity index (χ2n) is 5.92. The molecule has 1 aliphatic heterocycles. The number of rotatable bonds is 3. The van der Waals surface area contributed by atoms with Gasteiger partial charge in [0.2, 0.25) is 0 Å². The number of benzene rings is 1. The van der Waals surface area contributed by atoms with Crippen molar-refractivity contribution in [1.82, 2.24) is 5.43 Å². The van der Waals surface area contributed by atoms with Crippen LogP contribution in [0.25, 0.3) is 5.57 Å². The minimum Gasteiger partial charge on any atom is -0.497 e. The molecule has 1 aliphatic rings. The number of allylic oxidation sites excluding steroid dienone is 1. The largest absolute Gasteiger partial charge is 0.497 e. The van der Waals surface area contributed by atoms with Crippen LogP contribution in [0.2, 0.25) is 0 Å². The van der Waals surface area contributed by atoms with Gasteiger partial charge in [0.1, 0.15) is 11.8 Å². The van der Waals surface area contributed by atoms with Crippen LogP contribution >= 0.6 is 0 Å². The predicted octanol–water partition coefficient (Wildman–Crippen LogP) is 2.08. The van der Waals surface area contributed by atoms with Gasteiger partial charge in [0, 0.05) is 17.3 Å². The molecule has 1 unspecified atom stereocenters. The van der Waals surface area contributed by atoms with E-state index in [-0.39, 0.29) is 17.5 Å². The summed E-state index contributed by atoms with van der Waals surface area (Å²) in [4.78, 5) is 14.1. The number of carbonyl (C=O) groups is 1. The van der Waals surface area contributed by atoms with Crippen molar-refractivity contribution in [2.75, 3.05) is 12.0 Å². The summed E-state index contributed by atoms with van der Waals surface area (Å²) in [7, 11) is 1.64. The van der Waals surface area contributed by atoms with Gasteiger partial charge in [0.15, 0.2) is 0 Å². The molecule has 114 valence electrons. The molecule has 1 atom stereocenters. The maximum Gasteiger partial charge on any atom is 0.256 e. The molecule has 0 aromatic heterocycles. The maximum atomic E-state index is 12.0. The summed E-state index contributed by atoms with van der Waals surface area (Å²) in [5, 5.41) is 0.